The van der Waals surface area contributed by atoms with Crippen LogP contribution < -0.4 is 0 Å². The standard InChI is InChI=1S/C11H11Cl2NO4S/c12-7-5-8(11(15)16)10(13)9(6-7)19(17,18)14-3-1-2-4-14/h5-6H,1-4H2,(H,15,16). The number of carboxylic acid groups (broad SMARTS) is 1. The first-order chi connectivity index (χ1) is 8.84. The summed E-state index contributed by atoms with van der Waals surface area (Å²) >= 11 is 11.7. The van der Waals surface area contributed by atoms with Crippen LogP contribution >= 0.6 is 23.2 Å². The van der Waals surface area contributed by atoms with Crippen molar-refractivity contribution in [2.75, 3.05) is 13.1 Å². The van der Waals surface area contributed by atoms with Crippen LogP contribution in [0.25, 0.3) is 0 Å². The number of hydrogen-bond acceptors (Lipinski definition) is 3. The molecule has 0 atom stereocenters. The number of nitrogens with zero attached hydrogens (tertiary/aromatic N) is 1. The molecule has 1 aliphatic rings. The first-order valence-corrected chi connectivity index (χ1v) is 7.76. The molecule has 1 aromatic rings. The Hall–Kier alpha value is -0.820. The van der Waals surface area contributed by atoms with Crippen molar-refractivity contribution in [3.8, 4) is 0 Å². The molecule has 5 nitrogen and oxygen atoms in total. The molecule has 1 aliphatic heterocycles. The van der Waals surface area contributed by atoms with Crippen molar-refractivity contribution in [3.63, 3.8) is 0 Å². The van der Waals surface area contributed by atoms with E-state index in [2.05, 4.69) is 0 Å². The summed E-state index contributed by atoms with van der Waals surface area (Å²) in [5.41, 5.74) is -0.313. The van der Waals surface area contributed by atoms with E-state index in [0.29, 0.717) is 13.1 Å². The maximum absolute atomic E-state index is 12.4. The lowest BCUT2D eigenvalue weighted by Gasteiger charge is -2.17. The van der Waals surface area contributed by atoms with Gasteiger partial charge < -0.3 is 5.11 Å². The first-order valence-electron chi connectivity index (χ1n) is 5.56. The van der Waals surface area contributed by atoms with Gasteiger partial charge in [0.2, 0.25) is 10.0 Å². The largest absolute Gasteiger partial charge is 0.478 e. The molecule has 0 saturated carbocycles. The summed E-state index contributed by atoms with van der Waals surface area (Å²) in [5.74, 6) is -1.31. The van der Waals surface area contributed by atoms with Crippen LogP contribution in [0.15, 0.2) is 17.0 Å². The topological polar surface area (TPSA) is 74.7 Å². The van der Waals surface area contributed by atoms with Gasteiger partial charge in [-0.2, -0.15) is 4.31 Å². The fraction of sp³-hybridized carbons (Fsp3) is 0.364. The number of sulfonamides is 1. The molecular weight excluding hydrogens is 313 g/mol. The zero-order valence-electron chi connectivity index (χ0n) is 9.77. The summed E-state index contributed by atoms with van der Waals surface area (Å²) in [6.45, 7) is 0.821. The van der Waals surface area contributed by atoms with Crippen LogP contribution in [0.5, 0.6) is 0 Å². The molecule has 8 heteroatoms. The number of carbonyl (C=O) groups is 1. The molecule has 2 rings (SSSR count). The van der Waals surface area contributed by atoms with Crippen LogP contribution in [0, 0.1) is 0 Å². The Morgan fingerprint density at radius 1 is 1.21 bits per heavy atom. The zero-order chi connectivity index (χ0) is 14.2. The van der Waals surface area contributed by atoms with Gasteiger partial charge in [-0.05, 0) is 25.0 Å². The van der Waals surface area contributed by atoms with E-state index in [9.17, 15) is 13.2 Å². The van der Waals surface area contributed by atoms with E-state index >= 15 is 0 Å². The summed E-state index contributed by atoms with van der Waals surface area (Å²) in [7, 11) is -3.79. The van der Waals surface area contributed by atoms with Crippen LogP contribution in [0.1, 0.15) is 23.2 Å². The molecule has 0 spiro atoms. The predicted molar refractivity (Wildman–Crippen MR) is 71.4 cm³/mol. The average molecular weight is 324 g/mol. The third-order valence-electron chi connectivity index (χ3n) is 2.92. The normalized spacial score (nSPS) is 16.7. The summed E-state index contributed by atoms with van der Waals surface area (Å²) in [6, 6.07) is 2.32. The smallest absolute Gasteiger partial charge is 0.337 e. The van der Waals surface area contributed by atoms with Crippen LogP contribution in [0.2, 0.25) is 10.0 Å². The van der Waals surface area contributed by atoms with Crippen molar-refractivity contribution < 1.29 is 18.3 Å². The van der Waals surface area contributed by atoms with Crippen LogP contribution in [-0.2, 0) is 10.0 Å². The van der Waals surface area contributed by atoms with E-state index < -0.39 is 16.0 Å². The fourth-order valence-electron chi connectivity index (χ4n) is 1.98. The highest BCUT2D eigenvalue weighted by atomic mass is 35.5. The average Bonchev–Trinajstić information content (AvgIpc) is 2.85. The molecule has 0 aliphatic carbocycles. The molecule has 0 radical (unpaired) electrons. The monoisotopic (exact) mass is 323 g/mol. The lowest BCUT2D eigenvalue weighted by Crippen LogP contribution is -2.28. The van der Waals surface area contributed by atoms with Gasteiger partial charge in [-0.3, -0.25) is 0 Å². The van der Waals surface area contributed by atoms with Crippen LogP contribution in [0.3, 0.4) is 0 Å². The molecule has 19 heavy (non-hydrogen) atoms. The highest BCUT2D eigenvalue weighted by Crippen LogP contribution is 2.32. The molecule has 104 valence electrons. The molecule has 1 aromatic carbocycles. The highest BCUT2D eigenvalue weighted by molar-refractivity contribution is 7.89. The van der Waals surface area contributed by atoms with Crippen molar-refractivity contribution >= 4 is 39.2 Å². The van der Waals surface area contributed by atoms with Gasteiger partial charge in [0.25, 0.3) is 0 Å². The molecule has 0 amide bonds. The number of carboxylic acids is 1. The van der Waals surface area contributed by atoms with Gasteiger partial charge in [-0.15, -0.1) is 0 Å². The van der Waals surface area contributed by atoms with Gasteiger partial charge in [0.15, 0.2) is 0 Å². The lowest BCUT2D eigenvalue weighted by atomic mass is 10.2. The molecule has 1 heterocycles. The van der Waals surface area contributed by atoms with Gasteiger partial charge in [0.1, 0.15) is 4.90 Å². The van der Waals surface area contributed by atoms with Crippen molar-refractivity contribution in [1.29, 1.82) is 0 Å². The quantitative estimate of drug-likeness (QED) is 0.927. The summed E-state index contributed by atoms with van der Waals surface area (Å²) in [4.78, 5) is 10.8. The lowest BCUT2D eigenvalue weighted by molar-refractivity contribution is 0.0697. The summed E-state index contributed by atoms with van der Waals surface area (Å²) < 4.78 is 26.0. The summed E-state index contributed by atoms with van der Waals surface area (Å²) in [6.07, 6.45) is 1.56. The Morgan fingerprint density at radius 3 is 2.32 bits per heavy atom. The maximum atomic E-state index is 12.4. The SMILES string of the molecule is O=C(O)c1cc(Cl)cc(S(=O)(=O)N2CCCC2)c1Cl. The fourth-order valence-corrected chi connectivity index (χ4v) is 4.37. The number of benzene rings is 1. The van der Waals surface area contributed by atoms with Gasteiger partial charge in [0.05, 0.1) is 10.6 Å². The third kappa shape index (κ3) is 2.72. The van der Waals surface area contributed by atoms with Gasteiger partial charge in [-0.25, -0.2) is 13.2 Å². The molecule has 0 aromatic heterocycles. The molecule has 1 N–H and O–H groups in total. The highest BCUT2D eigenvalue weighted by Gasteiger charge is 2.31. The molecule has 0 unspecified atom stereocenters. The van der Waals surface area contributed by atoms with Gasteiger partial charge >= 0.3 is 5.97 Å². The van der Waals surface area contributed by atoms with Crippen molar-refractivity contribution in [2.45, 2.75) is 17.7 Å². The molecule has 1 fully saturated rings. The Balaban J connectivity index is 2.59. The van der Waals surface area contributed by atoms with E-state index in [1.807, 2.05) is 0 Å². The third-order valence-corrected chi connectivity index (χ3v) is 5.58. The Morgan fingerprint density at radius 2 is 1.79 bits per heavy atom. The first kappa shape index (κ1) is 14.6. The van der Waals surface area contributed by atoms with E-state index in [1.54, 1.807) is 0 Å². The summed E-state index contributed by atoms with van der Waals surface area (Å²) in [5, 5.41) is 8.72. The number of hydrogen-bond donors (Lipinski definition) is 1. The number of halogens is 2. The van der Waals surface area contributed by atoms with Gasteiger partial charge in [-0.1, -0.05) is 23.2 Å². The van der Waals surface area contributed by atoms with E-state index in [-0.39, 0.29) is 20.5 Å². The van der Waals surface area contributed by atoms with Gasteiger partial charge in [0, 0.05) is 18.1 Å². The van der Waals surface area contributed by atoms with E-state index in [4.69, 9.17) is 28.3 Å². The zero-order valence-corrected chi connectivity index (χ0v) is 12.1. The Bertz CT molecular complexity index is 624. The second-order valence-electron chi connectivity index (χ2n) is 4.18. The second kappa shape index (κ2) is 5.28. The van der Waals surface area contributed by atoms with E-state index in [1.165, 1.54) is 10.4 Å². The predicted octanol–water partition coefficient (Wildman–Crippen LogP) is 2.48. The second-order valence-corrected chi connectivity index (χ2v) is 6.90. The molecule has 1 saturated heterocycles. The minimum absolute atomic E-state index is 0.0274. The van der Waals surface area contributed by atoms with Crippen molar-refractivity contribution in [3.05, 3.63) is 27.7 Å². The number of rotatable bonds is 3. The maximum Gasteiger partial charge on any atom is 0.337 e. The number of aromatic carboxylic acids is 1. The minimum Gasteiger partial charge on any atom is -0.478 e. The van der Waals surface area contributed by atoms with Crippen LogP contribution in [0.4, 0.5) is 0 Å². The Kier molecular flexibility index (Phi) is 4.06. The van der Waals surface area contributed by atoms with E-state index in [0.717, 1.165) is 18.9 Å². The Labute approximate surface area is 120 Å². The van der Waals surface area contributed by atoms with Crippen LogP contribution in [-0.4, -0.2) is 36.9 Å². The molecule has 0 bridgehead atoms. The van der Waals surface area contributed by atoms with Crippen molar-refractivity contribution in [1.82, 2.24) is 4.31 Å². The minimum atomic E-state index is -3.79. The van der Waals surface area contributed by atoms with Crippen molar-refractivity contribution in [2.24, 2.45) is 0 Å². The molecular formula is C11H11Cl2NO4S.